The molecule has 1 saturated heterocycles. The van der Waals surface area contributed by atoms with Crippen LogP contribution in [0.25, 0.3) is 0 Å². The van der Waals surface area contributed by atoms with Crippen molar-refractivity contribution in [3.8, 4) is 0 Å². The zero-order valence-corrected chi connectivity index (χ0v) is 16.9. The van der Waals surface area contributed by atoms with E-state index in [1.165, 1.54) is 10.4 Å². The molecule has 2 aliphatic heterocycles. The van der Waals surface area contributed by atoms with Crippen molar-refractivity contribution in [3.63, 3.8) is 0 Å². The van der Waals surface area contributed by atoms with Crippen molar-refractivity contribution in [3.05, 3.63) is 38.8 Å². The summed E-state index contributed by atoms with van der Waals surface area (Å²) in [4.78, 5) is 14.6. The molecule has 0 atom stereocenters. The van der Waals surface area contributed by atoms with Crippen LogP contribution in [0.2, 0.25) is 0 Å². The number of hydrogen-bond acceptors (Lipinski definition) is 6. The lowest BCUT2D eigenvalue weighted by atomic mass is 9.86. The Morgan fingerprint density at radius 3 is 3.00 bits per heavy atom. The summed E-state index contributed by atoms with van der Waals surface area (Å²) in [5.74, 6) is -0.0450. The highest BCUT2D eigenvalue weighted by molar-refractivity contribution is 7.14. The second kappa shape index (κ2) is 8.70. The summed E-state index contributed by atoms with van der Waals surface area (Å²) in [6, 6.07) is 3.95. The van der Waals surface area contributed by atoms with E-state index in [-0.39, 0.29) is 23.9 Å². The summed E-state index contributed by atoms with van der Waals surface area (Å²) in [6.45, 7) is 3.54. The maximum Gasteiger partial charge on any atom is 0.261 e. The number of piperidine rings is 1. The number of aromatic nitrogens is 2. The van der Waals surface area contributed by atoms with Gasteiger partial charge in [0, 0.05) is 12.0 Å². The Bertz CT molecular complexity index is 785. The Morgan fingerprint density at radius 2 is 2.22 bits per heavy atom. The molecule has 1 amide bonds. The van der Waals surface area contributed by atoms with Crippen LogP contribution in [0.15, 0.2) is 12.1 Å². The molecule has 0 saturated carbocycles. The third-order valence-electron chi connectivity index (χ3n) is 5.02. The Hall–Kier alpha value is -1.45. The Balaban J connectivity index is 0.00000210. The number of methoxy groups -OCH3 is 1. The molecule has 0 aliphatic carbocycles. The second-order valence-electron chi connectivity index (χ2n) is 6.81. The van der Waals surface area contributed by atoms with E-state index < -0.39 is 0 Å². The molecule has 9 heteroatoms. The van der Waals surface area contributed by atoms with Gasteiger partial charge in [-0.1, -0.05) is 0 Å². The van der Waals surface area contributed by atoms with Crippen molar-refractivity contribution in [1.82, 2.24) is 20.8 Å². The lowest BCUT2D eigenvalue weighted by Crippen LogP contribution is -2.43. The van der Waals surface area contributed by atoms with E-state index >= 15 is 0 Å². The maximum absolute atomic E-state index is 12.6. The van der Waals surface area contributed by atoms with Crippen LogP contribution in [0, 0.1) is 0 Å². The molecule has 2 aliphatic rings. The molecular formula is C18H25ClN4O3S. The predicted molar refractivity (Wildman–Crippen MR) is 105 cm³/mol. The van der Waals surface area contributed by atoms with E-state index in [9.17, 15) is 4.79 Å². The standard InChI is InChI=1S/C18H24N4O3S.ClH/c1-24-11-14-9-13(21-22-14)10-20-17(23)15-8-12-2-7-25-18(16(12)26-15)3-5-19-6-4-18;/h8-9,19H,2-7,10-11H2,1H3,(H,20,23)(H,21,22);1H. The highest BCUT2D eigenvalue weighted by atomic mass is 35.5. The Labute approximate surface area is 168 Å². The highest BCUT2D eigenvalue weighted by Gasteiger charge is 2.41. The van der Waals surface area contributed by atoms with Gasteiger partial charge in [0.2, 0.25) is 0 Å². The highest BCUT2D eigenvalue weighted by Crippen LogP contribution is 2.44. The number of nitrogens with zero attached hydrogens (tertiary/aromatic N) is 1. The van der Waals surface area contributed by atoms with Gasteiger partial charge in [-0.25, -0.2) is 0 Å². The van der Waals surface area contributed by atoms with Crippen molar-refractivity contribution in [2.75, 3.05) is 26.8 Å². The second-order valence-corrected chi connectivity index (χ2v) is 7.86. The van der Waals surface area contributed by atoms with Gasteiger partial charge in [0.15, 0.2) is 0 Å². The van der Waals surface area contributed by atoms with Gasteiger partial charge in [-0.15, -0.1) is 23.7 Å². The average Bonchev–Trinajstić information content (AvgIpc) is 3.29. The van der Waals surface area contributed by atoms with Crippen molar-refractivity contribution in [2.24, 2.45) is 0 Å². The van der Waals surface area contributed by atoms with Crippen molar-refractivity contribution in [1.29, 1.82) is 0 Å². The van der Waals surface area contributed by atoms with Crippen molar-refractivity contribution >= 4 is 29.7 Å². The number of carbonyl (C=O) groups excluding carboxylic acids is 1. The normalized spacial score (nSPS) is 18.0. The zero-order chi connectivity index (χ0) is 18.0. The van der Waals surface area contributed by atoms with Gasteiger partial charge in [-0.2, -0.15) is 5.10 Å². The van der Waals surface area contributed by atoms with Crippen LogP contribution < -0.4 is 10.6 Å². The van der Waals surface area contributed by atoms with Crippen molar-refractivity contribution < 1.29 is 14.3 Å². The molecule has 0 bridgehead atoms. The van der Waals surface area contributed by atoms with Gasteiger partial charge in [0.05, 0.1) is 36.0 Å². The molecule has 2 aromatic rings. The lowest BCUT2D eigenvalue weighted by Gasteiger charge is -2.40. The smallest absolute Gasteiger partial charge is 0.261 e. The fraction of sp³-hybridized carbons (Fsp3) is 0.556. The molecule has 2 aromatic heterocycles. The first kappa shape index (κ1) is 20.3. The first-order valence-corrected chi connectivity index (χ1v) is 9.80. The summed E-state index contributed by atoms with van der Waals surface area (Å²) >= 11 is 1.59. The molecule has 7 nitrogen and oxygen atoms in total. The molecule has 0 aromatic carbocycles. The average molecular weight is 413 g/mol. The first-order chi connectivity index (χ1) is 12.7. The fourth-order valence-corrected chi connectivity index (χ4v) is 5.05. The third kappa shape index (κ3) is 4.20. The number of thiophene rings is 1. The number of aromatic amines is 1. The quantitative estimate of drug-likeness (QED) is 0.700. The molecule has 3 N–H and O–H groups in total. The van der Waals surface area contributed by atoms with Gasteiger partial charge in [0.1, 0.15) is 5.60 Å². The minimum atomic E-state index is -0.194. The number of ether oxygens (including phenoxy) is 2. The van der Waals surface area contributed by atoms with Crippen LogP contribution in [0.5, 0.6) is 0 Å². The van der Waals surface area contributed by atoms with Crippen LogP contribution in [-0.2, 0) is 34.6 Å². The molecule has 148 valence electrons. The van der Waals surface area contributed by atoms with Crippen molar-refractivity contribution in [2.45, 2.75) is 38.0 Å². The lowest BCUT2D eigenvalue weighted by molar-refractivity contribution is -0.0771. The molecule has 1 fully saturated rings. The van der Waals surface area contributed by atoms with E-state index in [0.29, 0.717) is 13.2 Å². The summed E-state index contributed by atoms with van der Waals surface area (Å²) in [6.07, 6.45) is 2.82. The van der Waals surface area contributed by atoms with E-state index in [2.05, 4.69) is 20.8 Å². The Morgan fingerprint density at radius 1 is 1.41 bits per heavy atom. The summed E-state index contributed by atoms with van der Waals surface area (Å²) in [7, 11) is 1.63. The van der Waals surface area contributed by atoms with Gasteiger partial charge >= 0.3 is 0 Å². The summed E-state index contributed by atoms with van der Waals surface area (Å²) in [5, 5.41) is 13.4. The van der Waals surface area contributed by atoms with Gasteiger partial charge in [-0.3, -0.25) is 9.89 Å². The number of amides is 1. The topological polar surface area (TPSA) is 88.3 Å². The minimum Gasteiger partial charge on any atom is -0.378 e. The molecule has 0 radical (unpaired) electrons. The number of halogens is 1. The predicted octanol–water partition coefficient (Wildman–Crippen LogP) is 2.12. The van der Waals surface area contributed by atoms with E-state index in [1.807, 2.05) is 12.1 Å². The first-order valence-electron chi connectivity index (χ1n) is 8.98. The monoisotopic (exact) mass is 412 g/mol. The Kier molecular flexibility index (Phi) is 6.54. The number of fused-ring (bicyclic) bond motifs is 2. The van der Waals surface area contributed by atoms with E-state index in [4.69, 9.17) is 9.47 Å². The molecule has 0 unspecified atom stereocenters. The third-order valence-corrected chi connectivity index (χ3v) is 6.38. The number of carbonyl (C=O) groups is 1. The van der Waals surface area contributed by atoms with E-state index in [1.54, 1.807) is 18.4 Å². The molecule has 27 heavy (non-hydrogen) atoms. The molecular weight excluding hydrogens is 388 g/mol. The number of rotatable bonds is 5. The van der Waals surface area contributed by atoms with E-state index in [0.717, 1.165) is 55.2 Å². The molecule has 4 heterocycles. The largest absolute Gasteiger partial charge is 0.378 e. The fourth-order valence-electron chi connectivity index (χ4n) is 3.72. The number of hydrogen-bond donors (Lipinski definition) is 3. The number of nitrogens with one attached hydrogen (secondary N) is 3. The van der Waals surface area contributed by atoms with Crippen LogP contribution in [-0.4, -0.2) is 42.9 Å². The van der Waals surface area contributed by atoms with Gasteiger partial charge in [0.25, 0.3) is 5.91 Å². The SMILES string of the molecule is COCc1cc(CNC(=O)c2cc3c(s2)C2(CCNCC2)OCC3)[nH]n1.Cl. The maximum atomic E-state index is 12.6. The van der Waals surface area contributed by atoms with Crippen LogP contribution in [0.1, 0.15) is 44.3 Å². The minimum absolute atomic E-state index is 0. The van der Waals surface area contributed by atoms with Crippen LogP contribution in [0.4, 0.5) is 0 Å². The molecule has 1 spiro atoms. The number of H-pyrrole nitrogens is 1. The summed E-state index contributed by atoms with van der Waals surface area (Å²) in [5.41, 5.74) is 2.77. The van der Waals surface area contributed by atoms with Gasteiger partial charge in [-0.05, 0) is 50.0 Å². The van der Waals surface area contributed by atoms with Crippen LogP contribution in [0.3, 0.4) is 0 Å². The van der Waals surface area contributed by atoms with Crippen LogP contribution >= 0.6 is 23.7 Å². The summed E-state index contributed by atoms with van der Waals surface area (Å²) < 4.78 is 11.2. The zero-order valence-electron chi connectivity index (χ0n) is 15.3. The van der Waals surface area contributed by atoms with Gasteiger partial charge < -0.3 is 20.1 Å². The molecule has 4 rings (SSSR count).